The molecule has 1 nitrogen and oxygen atoms in total. The summed E-state index contributed by atoms with van der Waals surface area (Å²) in [6, 6.07) is 0.796. The van der Waals surface area contributed by atoms with Crippen LogP contribution in [-0.4, -0.2) is 12.6 Å². The van der Waals surface area contributed by atoms with E-state index in [0.717, 1.165) is 12.0 Å². The largest absolute Gasteiger partial charge is 0.314 e. The molecule has 1 heterocycles. The first kappa shape index (κ1) is 10.0. The highest BCUT2D eigenvalue weighted by Gasteiger charge is 2.24. The lowest BCUT2D eigenvalue weighted by Gasteiger charge is -2.27. The Labute approximate surface area is 76.9 Å². The lowest BCUT2D eigenvalue weighted by molar-refractivity contribution is 0.266. The Morgan fingerprint density at radius 1 is 1.42 bits per heavy atom. The van der Waals surface area contributed by atoms with Gasteiger partial charge in [-0.3, -0.25) is 0 Å². The zero-order valence-corrected chi connectivity index (χ0v) is 8.98. The molecule has 12 heavy (non-hydrogen) atoms. The van der Waals surface area contributed by atoms with Crippen molar-refractivity contribution in [2.24, 2.45) is 11.3 Å². The van der Waals surface area contributed by atoms with Crippen molar-refractivity contribution < 1.29 is 0 Å². The second-order valence-electron chi connectivity index (χ2n) is 5.44. The highest BCUT2D eigenvalue weighted by molar-refractivity contribution is 4.81. The van der Waals surface area contributed by atoms with Crippen LogP contribution in [0.2, 0.25) is 0 Å². The van der Waals surface area contributed by atoms with E-state index in [1.54, 1.807) is 0 Å². The van der Waals surface area contributed by atoms with Crippen LogP contribution in [0.3, 0.4) is 0 Å². The summed E-state index contributed by atoms with van der Waals surface area (Å²) in [5.74, 6) is 0.840. The fourth-order valence-corrected chi connectivity index (χ4v) is 2.31. The van der Waals surface area contributed by atoms with Crippen LogP contribution in [0.4, 0.5) is 0 Å². The number of hydrogen-bond donors (Lipinski definition) is 1. The standard InChI is InChI=1S/C11H23N/c1-9(8-11(2,3)4)10-6-5-7-12-10/h9-10,12H,5-8H2,1-4H3. The second kappa shape index (κ2) is 3.78. The van der Waals surface area contributed by atoms with Gasteiger partial charge in [-0.15, -0.1) is 0 Å². The molecule has 72 valence electrons. The Hall–Kier alpha value is -0.0400. The smallest absolute Gasteiger partial charge is 0.00933 e. The normalized spacial score (nSPS) is 27.5. The highest BCUT2D eigenvalue weighted by atomic mass is 14.9. The maximum atomic E-state index is 3.58. The monoisotopic (exact) mass is 169 g/mol. The van der Waals surface area contributed by atoms with Crippen LogP contribution in [0.5, 0.6) is 0 Å². The van der Waals surface area contributed by atoms with Crippen LogP contribution in [-0.2, 0) is 0 Å². The third-order valence-corrected chi connectivity index (χ3v) is 2.72. The third-order valence-electron chi connectivity index (χ3n) is 2.72. The van der Waals surface area contributed by atoms with Gasteiger partial charge in [0.05, 0.1) is 0 Å². The molecule has 0 spiro atoms. The van der Waals surface area contributed by atoms with Crippen molar-refractivity contribution in [3.63, 3.8) is 0 Å². The van der Waals surface area contributed by atoms with E-state index in [0.29, 0.717) is 5.41 Å². The maximum Gasteiger partial charge on any atom is 0.00933 e. The summed E-state index contributed by atoms with van der Waals surface area (Å²) < 4.78 is 0. The third kappa shape index (κ3) is 3.14. The van der Waals surface area contributed by atoms with Crippen LogP contribution in [0, 0.1) is 11.3 Å². The van der Waals surface area contributed by atoms with Gasteiger partial charge < -0.3 is 5.32 Å². The van der Waals surface area contributed by atoms with Gasteiger partial charge in [-0.25, -0.2) is 0 Å². The van der Waals surface area contributed by atoms with Crippen LogP contribution < -0.4 is 5.32 Å². The first-order chi connectivity index (χ1) is 5.49. The molecule has 0 radical (unpaired) electrons. The van der Waals surface area contributed by atoms with Gasteiger partial charge in [0.15, 0.2) is 0 Å². The molecule has 2 unspecified atom stereocenters. The Morgan fingerprint density at radius 2 is 2.08 bits per heavy atom. The van der Waals surface area contributed by atoms with Gasteiger partial charge in [-0.1, -0.05) is 27.7 Å². The van der Waals surface area contributed by atoms with Gasteiger partial charge in [0.1, 0.15) is 0 Å². The molecule has 0 aromatic heterocycles. The molecule has 1 heteroatoms. The van der Waals surface area contributed by atoms with Crippen LogP contribution >= 0.6 is 0 Å². The van der Waals surface area contributed by atoms with Gasteiger partial charge >= 0.3 is 0 Å². The lowest BCUT2D eigenvalue weighted by Crippen LogP contribution is -2.31. The first-order valence-electron chi connectivity index (χ1n) is 5.22. The molecule has 1 aliphatic rings. The molecule has 2 atom stereocenters. The minimum absolute atomic E-state index is 0.490. The molecule has 1 N–H and O–H groups in total. The average Bonchev–Trinajstić information content (AvgIpc) is 2.32. The summed E-state index contributed by atoms with van der Waals surface area (Å²) in [6.07, 6.45) is 4.10. The number of hydrogen-bond acceptors (Lipinski definition) is 1. The Balaban J connectivity index is 2.31. The predicted molar refractivity (Wildman–Crippen MR) is 54.3 cm³/mol. The average molecular weight is 169 g/mol. The van der Waals surface area contributed by atoms with E-state index in [4.69, 9.17) is 0 Å². The molecule has 0 aromatic carbocycles. The van der Waals surface area contributed by atoms with Crippen LogP contribution in [0.1, 0.15) is 47.0 Å². The molecule has 0 amide bonds. The molecule has 1 rings (SSSR count). The highest BCUT2D eigenvalue weighted by Crippen LogP contribution is 2.28. The first-order valence-corrected chi connectivity index (χ1v) is 5.22. The van der Waals surface area contributed by atoms with Gasteiger partial charge in [0, 0.05) is 6.04 Å². The quantitative estimate of drug-likeness (QED) is 0.670. The van der Waals surface area contributed by atoms with Gasteiger partial charge in [0.25, 0.3) is 0 Å². The Morgan fingerprint density at radius 3 is 2.50 bits per heavy atom. The van der Waals surface area contributed by atoms with Crippen molar-refractivity contribution in [2.75, 3.05) is 6.54 Å². The minimum Gasteiger partial charge on any atom is -0.314 e. The van der Waals surface area contributed by atoms with Crippen LogP contribution in [0.25, 0.3) is 0 Å². The zero-order chi connectivity index (χ0) is 9.19. The van der Waals surface area contributed by atoms with E-state index in [1.807, 2.05) is 0 Å². The van der Waals surface area contributed by atoms with Gasteiger partial charge in [-0.05, 0) is 37.1 Å². The molecule has 1 saturated heterocycles. The fourth-order valence-electron chi connectivity index (χ4n) is 2.31. The van der Waals surface area contributed by atoms with Crippen molar-refractivity contribution in [3.05, 3.63) is 0 Å². The SMILES string of the molecule is CC(CC(C)(C)C)C1CCCN1. The fraction of sp³-hybridized carbons (Fsp3) is 1.00. The molecular formula is C11H23N. The predicted octanol–water partition coefficient (Wildman–Crippen LogP) is 2.81. The van der Waals surface area contributed by atoms with Crippen LogP contribution in [0.15, 0.2) is 0 Å². The summed E-state index contributed by atoms with van der Waals surface area (Å²) >= 11 is 0. The van der Waals surface area contributed by atoms with Crippen molar-refractivity contribution >= 4 is 0 Å². The lowest BCUT2D eigenvalue weighted by atomic mass is 9.82. The summed E-state index contributed by atoms with van der Waals surface area (Å²) in [5.41, 5.74) is 0.490. The van der Waals surface area contributed by atoms with E-state index in [9.17, 15) is 0 Å². The zero-order valence-electron chi connectivity index (χ0n) is 8.98. The topological polar surface area (TPSA) is 12.0 Å². The molecule has 1 fully saturated rings. The second-order valence-corrected chi connectivity index (χ2v) is 5.44. The van der Waals surface area contributed by atoms with E-state index in [2.05, 4.69) is 33.0 Å². The van der Waals surface area contributed by atoms with Crippen molar-refractivity contribution in [3.8, 4) is 0 Å². The molecule has 1 aliphatic heterocycles. The summed E-state index contributed by atoms with van der Waals surface area (Å²) in [5, 5.41) is 3.58. The number of nitrogens with one attached hydrogen (secondary N) is 1. The summed E-state index contributed by atoms with van der Waals surface area (Å²) in [7, 11) is 0. The number of rotatable bonds is 2. The van der Waals surface area contributed by atoms with Gasteiger partial charge in [0.2, 0.25) is 0 Å². The minimum atomic E-state index is 0.490. The Bertz CT molecular complexity index is 128. The molecule has 0 bridgehead atoms. The molecule has 0 saturated carbocycles. The molecular weight excluding hydrogens is 146 g/mol. The van der Waals surface area contributed by atoms with Crippen molar-refractivity contribution in [2.45, 2.75) is 53.0 Å². The van der Waals surface area contributed by atoms with E-state index < -0.39 is 0 Å². The maximum absolute atomic E-state index is 3.58. The Kier molecular flexibility index (Phi) is 3.16. The summed E-state index contributed by atoms with van der Waals surface area (Å²) in [4.78, 5) is 0. The summed E-state index contributed by atoms with van der Waals surface area (Å²) in [6.45, 7) is 10.6. The van der Waals surface area contributed by atoms with E-state index in [-0.39, 0.29) is 0 Å². The van der Waals surface area contributed by atoms with E-state index >= 15 is 0 Å². The van der Waals surface area contributed by atoms with E-state index in [1.165, 1.54) is 25.8 Å². The molecule has 0 aromatic rings. The van der Waals surface area contributed by atoms with Gasteiger partial charge in [-0.2, -0.15) is 0 Å². The molecule has 0 aliphatic carbocycles. The van der Waals surface area contributed by atoms with Crippen molar-refractivity contribution in [1.29, 1.82) is 0 Å². The van der Waals surface area contributed by atoms with Crippen molar-refractivity contribution in [1.82, 2.24) is 5.32 Å².